The second-order valence-corrected chi connectivity index (χ2v) is 5.49. The van der Waals surface area contributed by atoms with E-state index in [2.05, 4.69) is 30.0 Å². The van der Waals surface area contributed by atoms with Crippen molar-refractivity contribution < 1.29 is 4.39 Å². The van der Waals surface area contributed by atoms with E-state index in [1.807, 2.05) is 12.1 Å². The number of nitrogens with two attached hydrogens (primary N) is 1. The fraction of sp³-hybridized carbons (Fsp3) is 0.294. The Kier molecular flexibility index (Phi) is 3.55. The third-order valence-electron chi connectivity index (χ3n) is 4.00. The Morgan fingerprint density at radius 1 is 1.20 bits per heavy atom. The first-order chi connectivity index (χ1) is 9.67. The third-order valence-corrected chi connectivity index (χ3v) is 4.00. The van der Waals surface area contributed by atoms with Gasteiger partial charge >= 0.3 is 0 Å². The lowest BCUT2D eigenvalue weighted by molar-refractivity contribution is 0.211. The summed E-state index contributed by atoms with van der Waals surface area (Å²) in [5, 5.41) is 0. The van der Waals surface area contributed by atoms with Gasteiger partial charge in [-0.25, -0.2) is 4.39 Å². The summed E-state index contributed by atoms with van der Waals surface area (Å²) in [4.78, 5) is 2.36. The summed E-state index contributed by atoms with van der Waals surface area (Å²) in [5.74, 6) is -0.190. The molecule has 2 N–H and O–H groups in total. The van der Waals surface area contributed by atoms with Gasteiger partial charge in [-0.1, -0.05) is 35.9 Å². The first-order valence-corrected chi connectivity index (χ1v) is 6.95. The van der Waals surface area contributed by atoms with Gasteiger partial charge in [0.15, 0.2) is 0 Å². The monoisotopic (exact) mass is 270 g/mol. The molecule has 1 unspecified atom stereocenters. The second-order valence-electron chi connectivity index (χ2n) is 5.49. The van der Waals surface area contributed by atoms with Crippen molar-refractivity contribution in [2.75, 3.05) is 6.54 Å². The minimum absolute atomic E-state index is 0.190. The zero-order valence-corrected chi connectivity index (χ0v) is 11.6. The Labute approximate surface area is 119 Å². The summed E-state index contributed by atoms with van der Waals surface area (Å²) in [7, 11) is 0. The molecule has 2 nitrogen and oxygen atoms in total. The molecule has 1 aliphatic heterocycles. The number of hydrogen-bond acceptors (Lipinski definition) is 2. The summed E-state index contributed by atoms with van der Waals surface area (Å²) in [5.41, 5.74) is 11.1. The van der Waals surface area contributed by atoms with E-state index in [1.165, 1.54) is 28.8 Å². The van der Waals surface area contributed by atoms with E-state index in [-0.39, 0.29) is 11.9 Å². The molecule has 2 aromatic carbocycles. The highest BCUT2D eigenvalue weighted by Gasteiger charge is 2.28. The lowest BCUT2D eigenvalue weighted by Gasteiger charge is -2.24. The van der Waals surface area contributed by atoms with E-state index in [1.54, 1.807) is 0 Å². The molecule has 2 aromatic rings. The quantitative estimate of drug-likeness (QED) is 0.928. The largest absolute Gasteiger partial charge is 0.329 e. The van der Waals surface area contributed by atoms with E-state index >= 15 is 0 Å². The number of nitrogens with zero attached hydrogens (tertiary/aromatic N) is 1. The SMILES string of the molecule is Cc1ccc2c(c1)C(CN)N(Cc1ccc(F)cc1)C2. The predicted molar refractivity (Wildman–Crippen MR) is 78.6 cm³/mol. The molecule has 1 heterocycles. The van der Waals surface area contributed by atoms with Gasteiger partial charge in [0.25, 0.3) is 0 Å². The minimum atomic E-state index is -0.190. The number of benzene rings is 2. The molecule has 0 amide bonds. The maximum absolute atomic E-state index is 13.0. The lowest BCUT2D eigenvalue weighted by atomic mass is 10.0. The Bertz CT molecular complexity index is 607. The van der Waals surface area contributed by atoms with Gasteiger partial charge in [0.1, 0.15) is 5.82 Å². The third kappa shape index (κ3) is 2.47. The molecule has 0 fully saturated rings. The van der Waals surface area contributed by atoms with Crippen LogP contribution in [0, 0.1) is 12.7 Å². The first-order valence-electron chi connectivity index (χ1n) is 6.95. The van der Waals surface area contributed by atoms with Crippen LogP contribution in [0.5, 0.6) is 0 Å². The number of hydrogen-bond donors (Lipinski definition) is 1. The van der Waals surface area contributed by atoms with Gasteiger partial charge in [-0.15, -0.1) is 0 Å². The molecule has 20 heavy (non-hydrogen) atoms. The van der Waals surface area contributed by atoms with Gasteiger partial charge in [-0.3, -0.25) is 4.90 Å². The average molecular weight is 270 g/mol. The highest BCUT2D eigenvalue weighted by Crippen LogP contribution is 2.34. The molecule has 0 saturated heterocycles. The van der Waals surface area contributed by atoms with Crippen molar-refractivity contribution in [2.45, 2.75) is 26.1 Å². The standard InChI is InChI=1S/C17H19FN2/c1-12-2-5-14-11-20(17(9-19)16(14)8-12)10-13-3-6-15(18)7-4-13/h2-8,17H,9-11,19H2,1H3. The normalized spacial score (nSPS) is 18.2. The van der Waals surface area contributed by atoms with Gasteiger partial charge in [0.2, 0.25) is 0 Å². The van der Waals surface area contributed by atoms with Crippen molar-refractivity contribution in [2.24, 2.45) is 5.73 Å². The van der Waals surface area contributed by atoms with Crippen LogP contribution in [0.3, 0.4) is 0 Å². The predicted octanol–water partition coefficient (Wildman–Crippen LogP) is 3.15. The fourth-order valence-electron chi connectivity index (χ4n) is 2.96. The summed E-state index contributed by atoms with van der Waals surface area (Å²) in [6, 6.07) is 13.5. The number of fused-ring (bicyclic) bond motifs is 1. The Balaban J connectivity index is 1.83. The molecule has 1 atom stereocenters. The Hall–Kier alpha value is -1.71. The van der Waals surface area contributed by atoms with Crippen molar-refractivity contribution >= 4 is 0 Å². The van der Waals surface area contributed by atoms with Crippen LogP contribution in [0.15, 0.2) is 42.5 Å². The van der Waals surface area contributed by atoms with Crippen LogP contribution >= 0.6 is 0 Å². The molecular formula is C17H19FN2. The topological polar surface area (TPSA) is 29.3 Å². The lowest BCUT2D eigenvalue weighted by Crippen LogP contribution is -2.27. The summed E-state index contributed by atoms with van der Waals surface area (Å²) < 4.78 is 13.0. The molecule has 0 spiro atoms. The van der Waals surface area contributed by atoms with E-state index in [0.29, 0.717) is 6.54 Å². The van der Waals surface area contributed by atoms with Crippen LogP contribution < -0.4 is 5.73 Å². The van der Waals surface area contributed by atoms with Crippen LogP contribution in [0.2, 0.25) is 0 Å². The van der Waals surface area contributed by atoms with Gasteiger partial charge < -0.3 is 5.73 Å². The van der Waals surface area contributed by atoms with Crippen LogP contribution in [0.25, 0.3) is 0 Å². The molecule has 3 rings (SSSR count). The molecule has 0 aromatic heterocycles. The van der Waals surface area contributed by atoms with Crippen LogP contribution in [-0.2, 0) is 13.1 Å². The van der Waals surface area contributed by atoms with Crippen molar-refractivity contribution in [3.05, 3.63) is 70.5 Å². The molecule has 1 aliphatic rings. The van der Waals surface area contributed by atoms with Crippen molar-refractivity contribution in [1.29, 1.82) is 0 Å². The average Bonchev–Trinajstić information content (AvgIpc) is 2.78. The molecule has 0 saturated carbocycles. The van der Waals surface area contributed by atoms with Crippen LogP contribution in [-0.4, -0.2) is 11.4 Å². The molecular weight excluding hydrogens is 251 g/mol. The van der Waals surface area contributed by atoms with Crippen LogP contribution in [0.4, 0.5) is 4.39 Å². The van der Waals surface area contributed by atoms with E-state index in [4.69, 9.17) is 5.73 Å². The smallest absolute Gasteiger partial charge is 0.123 e. The Morgan fingerprint density at radius 3 is 2.65 bits per heavy atom. The molecule has 104 valence electrons. The number of aryl methyl sites for hydroxylation is 1. The van der Waals surface area contributed by atoms with E-state index in [9.17, 15) is 4.39 Å². The zero-order valence-electron chi connectivity index (χ0n) is 11.6. The molecule has 3 heteroatoms. The van der Waals surface area contributed by atoms with Crippen molar-refractivity contribution in [3.8, 4) is 0 Å². The van der Waals surface area contributed by atoms with Gasteiger partial charge in [0, 0.05) is 25.7 Å². The second kappa shape index (κ2) is 5.35. The van der Waals surface area contributed by atoms with Gasteiger partial charge in [0.05, 0.1) is 0 Å². The zero-order chi connectivity index (χ0) is 14.1. The van der Waals surface area contributed by atoms with Gasteiger partial charge in [-0.05, 0) is 35.7 Å². The number of halogens is 1. The first kappa shape index (κ1) is 13.3. The Morgan fingerprint density at radius 2 is 1.95 bits per heavy atom. The number of rotatable bonds is 3. The highest BCUT2D eigenvalue weighted by molar-refractivity contribution is 5.37. The molecule has 0 bridgehead atoms. The van der Waals surface area contributed by atoms with Crippen molar-refractivity contribution in [1.82, 2.24) is 4.90 Å². The van der Waals surface area contributed by atoms with Gasteiger partial charge in [-0.2, -0.15) is 0 Å². The maximum Gasteiger partial charge on any atom is 0.123 e. The minimum Gasteiger partial charge on any atom is -0.329 e. The van der Waals surface area contributed by atoms with Crippen molar-refractivity contribution in [3.63, 3.8) is 0 Å². The van der Waals surface area contributed by atoms with Crippen LogP contribution in [0.1, 0.15) is 28.3 Å². The molecule has 0 aliphatic carbocycles. The maximum atomic E-state index is 13.0. The van der Waals surface area contributed by atoms with E-state index < -0.39 is 0 Å². The fourth-order valence-corrected chi connectivity index (χ4v) is 2.96. The highest BCUT2D eigenvalue weighted by atomic mass is 19.1. The molecule has 0 radical (unpaired) electrons. The summed E-state index contributed by atoms with van der Waals surface area (Å²) in [6.45, 7) is 4.43. The summed E-state index contributed by atoms with van der Waals surface area (Å²) >= 11 is 0. The summed E-state index contributed by atoms with van der Waals surface area (Å²) in [6.07, 6.45) is 0. The van der Waals surface area contributed by atoms with E-state index in [0.717, 1.165) is 18.7 Å².